The Morgan fingerprint density at radius 2 is 2.28 bits per heavy atom. The summed E-state index contributed by atoms with van der Waals surface area (Å²) in [5, 5.41) is 2.98. The average molecular weight is 250 g/mol. The molecule has 0 aliphatic heterocycles. The van der Waals surface area contributed by atoms with Crippen LogP contribution in [0.15, 0.2) is 24.3 Å². The summed E-state index contributed by atoms with van der Waals surface area (Å²) in [6, 6.07) is 7.45. The summed E-state index contributed by atoms with van der Waals surface area (Å²) >= 11 is 0. The molecule has 0 saturated carbocycles. The van der Waals surface area contributed by atoms with Crippen molar-refractivity contribution < 1.29 is 9.53 Å². The molecule has 4 nitrogen and oxygen atoms in total. The maximum Gasteiger partial charge on any atom is 0.251 e. The van der Waals surface area contributed by atoms with Gasteiger partial charge in [-0.15, -0.1) is 0 Å². The fourth-order valence-corrected chi connectivity index (χ4v) is 1.86. The van der Waals surface area contributed by atoms with Crippen molar-refractivity contribution in [2.75, 3.05) is 13.7 Å². The molecular formula is C14H22N2O2. The van der Waals surface area contributed by atoms with Gasteiger partial charge in [0.25, 0.3) is 5.91 Å². The Balaban J connectivity index is 2.67. The zero-order valence-electron chi connectivity index (χ0n) is 11.1. The van der Waals surface area contributed by atoms with E-state index >= 15 is 0 Å². The number of amides is 1. The second kappa shape index (κ2) is 7.84. The Bertz CT molecular complexity index is 374. The van der Waals surface area contributed by atoms with E-state index in [1.165, 1.54) is 0 Å². The van der Waals surface area contributed by atoms with Crippen molar-refractivity contribution in [3.63, 3.8) is 0 Å². The highest BCUT2D eigenvalue weighted by atomic mass is 16.5. The number of ether oxygens (including phenoxy) is 1. The van der Waals surface area contributed by atoms with Crippen LogP contribution in [0.5, 0.6) is 0 Å². The Hall–Kier alpha value is -1.39. The van der Waals surface area contributed by atoms with Crippen LogP contribution in [0.2, 0.25) is 0 Å². The minimum Gasteiger partial charge on any atom is -0.383 e. The molecule has 0 bridgehead atoms. The van der Waals surface area contributed by atoms with Crippen LogP contribution in [0.3, 0.4) is 0 Å². The second-order valence-electron chi connectivity index (χ2n) is 4.32. The van der Waals surface area contributed by atoms with E-state index in [1.54, 1.807) is 13.2 Å². The summed E-state index contributed by atoms with van der Waals surface area (Å²) in [7, 11) is 1.64. The maximum absolute atomic E-state index is 12.1. The maximum atomic E-state index is 12.1. The molecule has 1 unspecified atom stereocenters. The molecule has 0 spiro atoms. The highest BCUT2D eigenvalue weighted by Crippen LogP contribution is 2.06. The number of nitrogens with one attached hydrogen (secondary N) is 1. The lowest BCUT2D eigenvalue weighted by molar-refractivity contribution is 0.0891. The third-order valence-electron chi connectivity index (χ3n) is 2.77. The van der Waals surface area contributed by atoms with Gasteiger partial charge in [-0.05, 0) is 24.1 Å². The number of methoxy groups -OCH3 is 1. The quantitative estimate of drug-likeness (QED) is 0.774. The molecule has 0 aliphatic carbocycles. The summed E-state index contributed by atoms with van der Waals surface area (Å²) in [4.78, 5) is 12.1. The molecule has 0 heterocycles. The van der Waals surface area contributed by atoms with Crippen molar-refractivity contribution in [3.8, 4) is 0 Å². The van der Waals surface area contributed by atoms with E-state index < -0.39 is 0 Å². The number of rotatable bonds is 7. The molecule has 0 aromatic heterocycles. The van der Waals surface area contributed by atoms with Crippen LogP contribution in [0.4, 0.5) is 0 Å². The van der Waals surface area contributed by atoms with E-state index in [0.717, 1.165) is 18.4 Å². The lowest BCUT2D eigenvalue weighted by Crippen LogP contribution is -2.37. The van der Waals surface area contributed by atoms with E-state index in [4.69, 9.17) is 10.5 Å². The van der Waals surface area contributed by atoms with Gasteiger partial charge in [-0.25, -0.2) is 0 Å². The van der Waals surface area contributed by atoms with Crippen LogP contribution < -0.4 is 11.1 Å². The summed E-state index contributed by atoms with van der Waals surface area (Å²) < 4.78 is 5.10. The average Bonchev–Trinajstić information content (AvgIpc) is 2.39. The van der Waals surface area contributed by atoms with Crippen LogP contribution in [0.25, 0.3) is 0 Å². The number of carbonyl (C=O) groups excluding carboxylic acids is 1. The smallest absolute Gasteiger partial charge is 0.251 e. The van der Waals surface area contributed by atoms with Gasteiger partial charge >= 0.3 is 0 Å². The number of hydrogen-bond acceptors (Lipinski definition) is 3. The van der Waals surface area contributed by atoms with Crippen LogP contribution in [-0.2, 0) is 11.3 Å². The fraction of sp³-hybridized carbons (Fsp3) is 0.500. The molecular weight excluding hydrogens is 228 g/mol. The first-order valence-electron chi connectivity index (χ1n) is 6.30. The van der Waals surface area contributed by atoms with Gasteiger partial charge in [0.05, 0.1) is 12.6 Å². The van der Waals surface area contributed by atoms with E-state index in [-0.39, 0.29) is 11.9 Å². The summed E-state index contributed by atoms with van der Waals surface area (Å²) in [6.45, 7) is 3.07. The largest absolute Gasteiger partial charge is 0.383 e. The first-order chi connectivity index (χ1) is 8.71. The van der Waals surface area contributed by atoms with Gasteiger partial charge in [-0.1, -0.05) is 25.5 Å². The first-order valence-corrected chi connectivity index (χ1v) is 6.30. The molecule has 0 saturated heterocycles. The van der Waals surface area contributed by atoms with Gasteiger partial charge in [-0.2, -0.15) is 0 Å². The Morgan fingerprint density at radius 3 is 2.89 bits per heavy atom. The first kappa shape index (κ1) is 14.7. The monoisotopic (exact) mass is 250 g/mol. The summed E-state index contributed by atoms with van der Waals surface area (Å²) in [5.41, 5.74) is 7.17. The van der Waals surface area contributed by atoms with Crippen LogP contribution in [0, 0.1) is 0 Å². The van der Waals surface area contributed by atoms with E-state index in [2.05, 4.69) is 12.2 Å². The highest BCUT2D eigenvalue weighted by molar-refractivity contribution is 5.94. The second-order valence-corrected chi connectivity index (χ2v) is 4.32. The predicted molar refractivity (Wildman–Crippen MR) is 72.4 cm³/mol. The zero-order valence-corrected chi connectivity index (χ0v) is 11.1. The molecule has 100 valence electrons. The summed E-state index contributed by atoms with van der Waals surface area (Å²) in [6.07, 6.45) is 1.92. The Labute approximate surface area is 109 Å². The molecule has 0 fully saturated rings. The van der Waals surface area contributed by atoms with Gasteiger partial charge in [0.15, 0.2) is 0 Å². The lowest BCUT2D eigenvalue weighted by atomic mass is 10.1. The molecule has 1 aromatic rings. The van der Waals surface area contributed by atoms with Gasteiger partial charge < -0.3 is 15.8 Å². The van der Waals surface area contributed by atoms with Crippen LogP contribution in [0.1, 0.15) is 35.7 Å². The molecule has 4 heteroatoms. The third-order valence-corrected chi connectivity index (χ3v) is 2.77. The van der Waals surface area contributed by atoms with Gasteiger partial charge in [-0.3, -0.25) is 4.79 Å². The highest BCUT2D eigenvalue weighted by Gasteiger charge is 2.12. The molecule has 1 amide bonds. The molecule has 18 heavy (non-hydrogen) atoms. The fourth-order valence-electron chi connectivity index (χ4n) is 1.86. The third kappa shape index (κ3) is 4.47. The number of hydrogen-bond donors (Lipinski definition) is 2. The number of carbonyl (C=O) groups is 1. The van der Waals surface area contributed by atoms with Crippen LogP contribution in [-0.4, -0.2) is 25.7 Å². The minimum atomic E-state index is -0.0687. The van der Waals surface area contributed by atoms with Gasteiger partial charge in [0, 0.05) is 19.2 Å². The molecule has 1 aromatic carbocycles. The number of benzene rings is 1. The minimum absolute atomic E-state index is 0.0639. The van der Waals surface area contributed by atoms with Crippen molar-refractivity contribution in [1.29, 1.82) is 0 Å². The Kier molecular flexibility index (Phi) is 6.39. The van der Waals surface area contributed by atoms with Crippen molar-refractivity contribution in [2.24, 2.45) is 5.73 Å². The topological polar surface area (TPSA) is 64.3 Å². The molecule has 3 N–H and O–H groups in total. The number of nitrogens with two attached hydrogens (primary N) is 1. The van der Waals surface area contributed by atoms with Crippen molar-refractivity contribution in [2.45, 2.75) is 32.4 Å². The molecule has 1 rings (SSSR count). The molecule has 0 radical (unpaired) electrons. The van der Waals surface area contributed by atoms with E-state index in [1.807, 2.05) is 18.2 Å². The Morgan fingerprint density at radius 1 is 1.50 bits per heavy atom. The molecule has 0 aliphatic rings. The predicted octanol–water partition coefficient (Wildman–Crippen LogP) is 1.69. The van der Waals surface area contributed by atoms with Crippen molar-refractivity contribution in [3.05, 3.63) is 35.4 Å². The lowest BCUT2D eigenvalue weighted by Gasteiger charge is -2.17. The van der Waals surface area contributed by atoms with E-state index in [0.29, 0.717) is 18.7 Å². The molecule has 1 atom stereocenters. The van der Waals surface area contributed by atoms with Crippen molar-refractivity contribution >= 4 is 5.91 Å². The van der Waals surface area contributed by atoms with Crippen molar-refractivity contribution in [1.82, 2.24) is 5.32 Å². The van der Waals surface area contributed by atoms with E-state index in [9.17, 15) is 4.79 Å². The zero-order chi connectivity index (χ0) is 13.4. The normalized spacial score (nSPS) is 12.2. The van der Waals surface area contributed by atoms with Gasteiger partial charge in [0.1, 0.15) is 0 Å². The van der Waals surface area contributed by atoms with Gasteiger partial charge in [0.2, 0.25) is 0 Å². The summed E-state index contributed by atoms with van der Waals surface area (Å²) in [5.74, 6) is -0.0687. The standard InChI is InChI=1S/C14H22N2O2/c1-3-5-13(10-18-2)16-14(17)12-7-4-6-11(8-12)9-15/h4,6-8,13H,3,5,9-10,15H2,1-2H3,(H,16,17). The SMILES string of the molecule is CCCC(COC)NC(=O)c1cccc(CN)c1. The van der Waals surface area contributed by atoms with Crippen LogP contribution >= 0.6 is 0 Å².